The lowest BCUT2D eigenvalue weighted by molar-refractivity contribution is -0.383. The maximum absolute atomic E-state index is 12.1. The van der Waals surface area contributed by atoms with E-state index in [1.165, 1.54) is 41.3 Å². The van der Waals surface area contributed by atoms with Gasteiger partial charge in [-0.05, 0) is 36.4 Å². The van der Waals surface area contributed by atoms with Crippen molar-refractivity contribution in [3.05, 3.63) is 57.6 Å². The van der Waals surface area contributed by atoms with Crippen molar-refractivity contribution in [2.45, 2.75) is 4.34 Å². The van der Waals surface area contributed by atoms with E-state index in [-0.39, 0.29) is 22.2 Å². The van der Waals surface area contributed by atoms with Crippen LogP contribution in [-0.4, -0.2) is 33.9 Å². The van der Waals surface area contributed by atoms with Gasteiger partial charge < -0.3 is 15.4 Å². The fraction of sp³-hybridized carbons (Fsp3) is 0.118. The van der Waals surface area contributed by atoms with Gasteiger partial charge >= 0.3 is 0 Å². The zero-order valence-corrected chi connectivity index (χ0v) is 17.3. The number of nitrogens with zero attached hydrogens (tertiary/aromatic N) is 3. The van der Waals surface area contributed by atoms with Crippen LogP contribution < -0.4 is 15.4 Å². The van der Waals surface area contributed by atoms with Crippen molar-refractivity contribution in [2.75, 3.05) is 23.5 Å². The lowest BCUT2D eigenvalue weighted by atomic mass is 10.2. The summed E-state index contributed by atoms with van der Waals surface area (Å²) >= 11 is 8.24. The van der Waals surface area contributed by atoms with Crippen molar-refractivity contribution in [1.82, 2.24) is 10.2 Å². The summed E-state index contributed by atoms with van der Waals surface area (Å²) in [4.78, 5) is 22.6. The molecule has 150 valence electrons. The van der Waals surface area contributed by atoms with Gasteiger partial charge in [-0.25, -0.2) is 0 Å². The molecule has 3 rings (SSSR count). The number of nitrogens with one attached hydrogen (secondary N) is 2. The van der Waals surface area contributed by atoms with Crippen LogP contribution in [0.25, 0.3) is 0 Å². The van der Waals surface area contributed by atoms with Gasteiger partial charge in [0.15, 0.2) is 4.34 Å². The number of halogens is 1. The Hall–Kier alpha value is -2.89. The van der Waals surface area contributed by atoms with Crippen molar-refractivity contribution >= 4 is 62.8 Å². The molecule has 9 nitrogen and oxygen atoms in total. The number of hydrogen-bond donors (Lipinski definition) is 2. The summed E-state index contributed by atoms with van der Waals surface area (Å²) in [6, 6.07) is 11.4. The largest absolute Gasteiger partial charge is 0.497 e. The smallest absolute Gasteiger partial charge is 0.294 e. The summed E-state index contributed by atoms with van der Waals surface area (Å²) < 4.78 is 5.69. The summed E-state index contributed by atoms with van der Waals surface area (Å²) in [6.07, 6.45) is 0. The van der Waals surface area contributed by atoms with E-state index in [0.717, 1.165) is 11.4 Å². The number of carbonyl (C=O) groups is 1. The van der Waals surface area contributed by atoms with E-state index in [2.05, 4.69) is 20.8 Å². The molecule has 29 heavy (non-hydrogen) atoms. The number of ether oxygens (including phenoxy) is 1. The number of methoxy groups -OCH3 is 1. The van der Waals surface area contributed by atoms with Gasteiger partial charge in [0.05, 0.1) is 17.8 Å². The monoisotopic (exact) mass is 451 g/mol. The Bertz CT molecular complexity index is 1030. The lowest BCUT2D eigenvalue weighted by Gasteiger charge is -2.05. The van der Waals surface area contributed by atoms with Gasteiger partial charge in [-0.1, -0.05) is 34.7 Å². The number of amides is 1. The number of aromatic nitrogens is 2. The summed E-state index contributed by atoms with van der Waals surface area (Å²) in [5.41, 5.74) is 0.646. The Morgan fingerprint density at radius 1 is 1.28 bits per heavy atom. The summed E-state index contributed by atoms with van der Waals surface area (Å²) in [6.45, 7) is 0. The SMILES string of the molecule is COc1ccc(Nc2nnc(SCC(=O)Nc3ccc(Cl)cc3[N+](=O)[O-])s2)cc1. The Morgan fingerprint density at radius 3 is 2.72 bits per heavy atom. The van der Waals surface area contributed by atoms with Crippen LogP contribution in [0.1, 0.15) is 0 Å². The van der Waals surface area contributed by atoms with Gasteiger partial charge in [0, 0.05) is 16.8 Å². The van der Waals surface area contributed by atoms with Crippen molar-refractivity contribution in [2.24, 2.45) is 0 Å². The number of thioether (sulfide) groups is 1. The predicted molar refractivity (Wildman–Crippen MR) is 114 cm³/mol. The number of anilines is 3. The minimum atomic E-state index is -0.601. The molecule has 0 saturated heterocycles. The van der Waals surface area contributed by atoms with Crippen LogP contribution in [0.15, 0.2) is 46.8 Å². The Balaban J connectivity index is 1.55. The zero-order chi connectivity index (χ0) is 20.8. The van der Waals surface area contributed by atoms with E-state index in [1.54, 1.807) is 7.11 Å². The second-order valence-corrected chi connectivity index (χ2v) is 8.12. The van der Waals surface area contributed by atoms with Gasteiger partial charge in [0.1, 0.15) is 11.4 Å². The summed E-state index contributed by atoms with van der Waals surface area (Å²) in [5, 5.41) is 25.6. The molecule has 1 heterocycles. The van der Waals surface area contributed by atoms with E-state index in [9.17, 15) is 14.9 Å². The van der Waals surface area contributed by atoms with Gasteiger partial charge in [-0.2, -0.15) is 0 Å². The van der Waals surface area contributed by atoms with Crippen molar-refractivity contribution in [3.8, 4) is 5.75 Å². The average molecular weight is 452 g/mol. The first-order chi connectivity index (χ1) is 13.9. The maximum atomic E-state index is 12.1. The van der Waals surface area contributed by atoms with Crippen LogP contribution in [0.2, 0.25) is 5.02 Å². The third-order valence-corrected chi connectivity index (χ3v) is 5.71. The Labute approximate surface area is 178 Å². The van der Waals surface area contributed by atoms with E-state index in [0.29, 0.717) is 9.47 Å². The number of carbonyl (C=O) groups excluding carboxylic acids is 1. The molecular weight excluding hydrogens is 438 g/mol. The minimum absolute atomic E-state index is 0.0248. The number of nitro groups is 1. The van der Waals surface area contributed by atoms with Crippen LogP contribution in [-0.2, 0) is 4.79 Å². The van der Waals surface area contributed by atoms with Gasteiger partial charge in [0.2, 0.25) is 11.0 Å². The first kappa shape index (κ1) is 20.8. The highest BCUT2D eigenvalue weighted by molar-refractivity contribution is 8.01. The van der Waals surface area contributed by atoms with E-state index < -0.39 is 10.8 Å². The molecule has 0 aliphatic heterocycles. The second kappa shape index (κ2) is 9.54. The first-order valence-corrected chi connectivity index (χ1v) is 10.2. The predicted octanol–water partition coefficient (Wildman–Crippen LogP) is 4.58. The summed E-state index contributed by atoms with van der Waals surface area (Å²) in [5.74, 6) is 0.369. The topological polar surface area (TPSA) is 119 Å². The highest BCUT2D eigenvalue weighted by atomic mass is 35.5. The van der Waals surface area contributed by atoms with Gasteiger partial charge in [-0.15, -0.1) is 10.2 Å². The van der Waals surface area contributed by atoms with E-state index >= 15 is 0 Å². The van der Waals surface area contributed by atoms with Crippen molar-refractivity contribution in [1.29, 1.82) is 0 Å². The van der Waals surface area contributed by atoms with E-state index in [4.69, 9.17) is 16.3 Å². The zero-order valence-electron chi connectivity index (χ0n) is 14.9. The second-order valence-electron chi connectivity index (χ2n) is 5.48. The quantitative estimate of drug-likeness (QED) is 0.290. The number of rotatable bonds is 8. The molecule has 1 amide bonds. The fourth-order valence-corrected chi connectivity index (χ4v) is 3.93. The molecule has 0 bridgehead atoms. The normalized spacial score (nSPS) is 10.4. The molecule has 2 N–H and O–H groups in total. The molecule has 0 spiro atoms. The maximum Gasteiger partial charge on any atom is 0.294 e. The molecule has 12 heteroatoms. The number of nitro benzene ring substituents is 1. The molecule has 2 aromatic carbocycles. The third kappa shape index (κ3) is 5.79. The van der Waals surface area contributed by atoms with Gasteiger partial charge in [-0.3, -0.25) is 14.9 Å². The molecule has 0 fully saturated rings. The fourth-order valence-electron chi connectivity index (χ4n) is 2.19. The van der Waals surface area contributed by atoms with Crippen LogP contribution in [0.3, 0.4) is 0 Å². The summed E-state index contributed by atoms with van der Waals surface area (Å²) in [7, 11) is 1.60. The third-order valence-electron chi connectivity index (χ3n) is 3.51. The first-order valence-electron chi connectivity index (χ1n) is 8.06. The van der Waals surface area contributed by atoms with Crippen LogP contribution in [0.4, 0.5) is 22.2 Å². The number of benzene rings is 2. The minimum Gasteiger partial charge on any atom is -0.497 e. The van der Waals surface area contributed by atoms with Crippen molar-refractivity contribution < 1.29 is 14.5 Å². The molecule has 0 atom stereocenters. The molecule has 0 saturated carbocycles. The van der Waals surface area contributed by atoms with Gasteiger partial charge in [0.25, 0.3) is 5.69 Å². The molecule has 0 radical (unpaired) electrons. The standard InChI is InChI=1S/C17H14ClN5O4S2/c1-27-12-5-3-11(4-6-12)19-16-21-22-17(29-16)28-9-15(24)20-13-7-2-10(18)8-14(13)23(25)26/h2-8H,9H2,1H3,(H,19,21)(H,20,24). The van der Waals surface area contributed by atoms with Crippen LogP contribution in [0, 0.1) is 10.1 Å². The Kier molecular flexibility index (Phi) is 6.86. The molecule has 0 aliphatic carbocycles. The Morgan fingerprint density at radius 2 is 2.03 bits per heavy atom. The highest BCUT2D eigenvalue weighted by Crippen LogP contribution is 2.30. The van der Waals surface area contributed by atoms with Crippen LogP contribution in [0.5, 0.6) is 5.75 Å². The van der Waals surface area contributed by atoms with E-state index in [1.807, 2.05) is 24.3 Å². The van der Waals surface area contributed by atoms with Crippen molar-refractivity contribution in [3.63, 3.8) is 0 Å². The average Bonchev–Trinajstić information content (AvgIpc) is 3.15. The molecule has 0 unspecified atom stereocenters. The lowest BCUT2D eigenvalue weighted by Crippen LogP contribution is -2.15. The molecule has 1 aromatic heterocycles. The molecule has 3 aromatic rings. The molecular formula is C17H14ClN5O4S2. The molecule has 0 aliphatic rings. The highest BCUT2D eigenvalue weighted by Gasteiger charge is 2.17. The number of hydrogen-bond acceptors (Lipinski definition) is 9. The van der Waals surface area contributed by atoms with Crippen LogP contribution >= 0.6 is 34.7 Å².